The van der Waals surface area contributed by atoms with Crippen LogP contribution in [0.3, 0.4) is 0 Å². The third-order valence-electron chi connectivity index (χ3n) is 9.37. The first-order chi connectivity index (χ1) is 22.3. The van der Waals surface area contributed by atoms with Crippen molar-refractivity contribution in [1.29, 1.82) is 0 Å². The highest BCUT2D eigenvalue weighted by atomic mass is 16.5. The Morgan fingerprint density at radius 1 is 0.511 bits per heavy atom. The Morgan fingerprint density at radius 2 is 1.09 bits per heavy atom. The molecule has 2 heterocycles. The van der Waals surface area contributed by atoms with E-state index in [9.17, 15) is 0 Å². The lowest BCUT2D eigenvalue weighted by Crippen LogP contribution is -2.57. The van der Waals surface area contributed by atoms with Crippen molar-refractivity contribution in [2.24, 2.45) is 0 Å². The SMILES string of the molecule is C1=CCC(c2ccccc2-c2cc(-c3ccccc3-c3ccccc3)c3c4c2Oc2ccccc2B4c2ccccc2O3)C=C1. The van der Waals surface area contributed by atoms with E-state index in [0.29, 0.717) is 0 Å². The van der Waals surface area contributed by atoms with Crippen molar-refractivity contribution < 1.29 is 9.47 Å². The molecule has 0 bridgehead atoms. The summed E-state index contributed by atoms with van der Waals surface area (Å²) in [7, 11) is 0. The fourth-order valence-corrected chi connectivity index (χ4v) is 7.34. The number of fused-ring (bicyclic) bond motifs is 4. The molecule has 3 aliphatic rings. The fourth-order valence-electron chi connectivity index (χ4n) is 7.34. The highest BCUT2D eigenvalue weighted by molar-refractivity contribution is 6.98. The maximum Gasteiger partial charge on any atom is 0.260 e. The molecule has 2 aliphatic heterocycles. The van der Waals surface area contributed by atoms with E-state index in [4.69, 9.17) is 9.47 Å². The third kappa shape index (κ3) is 4.19. The van der Waals surface area contributed by atoms with E-state index in [0.717, 1.165) is 62.5 Å². The molecule has 0 fully saturated rings. The van der Waals surface area contributed by atoms with Gasteiger partial charge in [-0.05, 0) is 63.4 Å². The molecule has 9 rings (SSSR count). The van der Waals surface area contributed by atoms with Crippen LogP contribution in [0.5, 0.6) is 23.0 Å². The lowest BCUT2D eigenvalue weighted by atomic mass is 9.34. The maximum absolute atomic E-state index is 6.96. The van der Waals surface area contributed by atoms with Gasteiger partial charge >= 0.3 is 0 Å². The third-order valence-corrected chi connectivity index (χ3v) is 9.37. The molecular weight excluding hydrogens is 547 g/mol. The lowest BCUT2D eigenvalue weighted by Gasteiger charge is -2.36. The minimum absolute atomic E-state index is 0.0165. The number of hydrogen-bond donors (Lipinski definition) is 0. The number of hydrogen-bond acceptors (Lipinski definition) is 2. The van der Waals surface area contributed by atoms with Crippen molar-refractivity contribution in [2.45, 2.75) is 12.3 Å². The van der Waals surface area contributed by atoms with Crippen LogP contribution in [0.2, 0.25) is 0 Å². The first kappa shape index (κ1) is 25.9. The van der Waals surface area contributed by atoms with Gasteiger partial charge in [0, 0.05) is 22.5 Å². The van der Waals surface area contributed by atoms with Crippen LogP contribution in [-0.2, 0) is 0 Å². The molecular formula is C42H29BO2. The van der Waals surface area contributed by atoms with E-state index in [1.54, 1.807) is 0 Å². The number of ether oxygens (including phenoxy) is 2. The predicted octanol–water partition coefficient (Wildman–Crippen LogP) is 9.01. The Bertz CT molecular complexity index is 2150. The summed E-state index contributed by atoms with van der Waals surface area (Å²) in [5.74, 6) is 3.83. The molecule has 212 valence electrons. The Morgan fingerprint density at radius 3 is 1.78 bits per heavy atom. The molecule has 0 N–H and O–H groups in total. The molecule has 6 aromatic carbocycles. The van der Waals surface area contributed by atoms with E-state index in [2.05, 4.69) is 158 Å². The largest absolute Gasteiger partial charge is 0.458 e. The molecule has 0 amide bonds. The normalized spacial score (nSPS) is 15.4. The second kappa shape index (κ2) is 10.6. The molecule has 0 saturated heterocycles. The van der Waals surface area contributed by atoms with E-state index in [-0.39, 0.29) is 12.6 Å². The van der Waals surface area contributed by atoms with Gasteiger partial charge in [-0.15, -0.1) is 0 Å². The summed E-state index contributed by atoms with van der Waals surface area (Å²) in [6, 6.07) is 47.4. The second-order valence-electron chi connectivity index (χ2n) is 11.9. The van der Waals surface area contributed by atoms with Gasteiger partial charge in [0.05, 0.1) is 0 Å². The fraction of sp³-hybridized carbons (Fsp3) is 0.0476. The summed E-state index contributed by atoms with van der Waals surface area (Å²) >= 11 is 0. The number of benzene rings is 6. The zero-order valence-electron chi connectivity index (χ0n) is 24.7. The molecule has 1 unspecified atom stereocenters. The Kier molecular flexibility index (Phi) is 6.09. The van der Waals surface area contributed by atoms with Crippen LogP contribution in [0.4, 0.5) is 0 Å². The highest BCUT2D eigenvalue weighted by Crippen LogP contribution is 2.49. The van der Waals surface area contributed by atoms with Gasteiger partial charge in [-0.3, -0.25) is 0 Å². The van der Waals surface area contributed by atoms with E-state index < -0.39 is 0 Å². The first-order valence-corrected chi connectivity index (χ1v) is 15.7. The van der Waals surface area contributed by atoms with Crippen LogP contribution in [-0.4, -0.2) is 6.71 Å². The van der Waals surface area contributed by atoms with E-state index in [1.807, 2.05) is 0 Å². The first-order valence-electron chi connectivity index (χ1n) is 15.7. The lowest BCUT2D eigenvalue weighted by molar-refractivity contribution is 0.466. The van der Waals surface area contributed by atoms with Gasteiger partial charge in [0.25, 0.3) is 6.71 Å². The number of para-hydroxylation sites is 2. The second-order valence-corrected chi connectivity index (χ2v) is 11.9. The number of allylic oxidation sites excluding steroid dienone is 4. The highest BCUT2D eigenvalue weighted by Gasteiger charge is 2.42. The molecule has 6 aromatic rings. The van der Waals surface area contributed by atoms with Crippen LogP contribution < -0.4 is 25.9 Å². The Hall–Kier alpha value is -5.54. The molecule has 1 aliphatic carbocycles. The van der Waals surface area contributed by atoms with Crippen molar-refractivity contribution in [1.82, 2.24) is 0 Å². The van der Waals surface area contributed by atoms with Crippen molar-refractivity contribution >= 4 is 23.1 Å². The summed E-state index contributed by atoms with van der Waals surface area (Å²) in [5.41, 5.74) is 11.5. The van der Waals surface area contributed by atoms with Crippen LogP contribution in [0.25, 0.3) is 33.4 Å². The van der Waals surface area contributed by atoms with Gasteiger partial charge in [0.2, 0.25) is 0 Å². The molecule has 3 heteroatoms. The average Bonchev–Trinajstić information content (AvgIpc) is 3.12. The van der Waals surface area contributed by atoms with Crippen LogP contribution in [0.15, 0.2) is 158 Å². The van der Waals surface area contributed by atoms with Crippen molar-refractivity contribution in [2.75, 3.05) is 0 Å². The smallest absolute Gasteiger partial charge is 0.260 e. The van der Waals surface area contributed by atoms with Gasteiger partial charge in [-0.1, -0.05) is 140 Å². The van der Waals surface area contributed by atoms with Gasteiger partial charge < -0.3 is 9.47 Å². The summed E-state index contributed by atoms with van der Waals surface area (Å²) in [6.45, 7) is -0.0165. The van der Waals surface area contributed by atoms with Crippen molar-refractivity contribution in [3.05, 3.63) is 163 Å². The standard InChI is InChI=1S/C42H29BO2/c1-3-15-28(16-4-1)30-19-7-9-21-32(30)34-27-35(33-22-10-8-20-31(33)29-17-5-2-6-18-29)42-40-41(34)44-38-25-13-11-23-36(38)43(40)37-24-12-14-26-39(37)45-42/h1-17,19-27,29H,18H2. The van der Waals surface area contributed by atoms with Crippen LogP contribution >= 0.6 is 0 Å². The molecule has 0 radical (unpaired) electrons. The average molecular weight is 577 g/mol. The van der Waals surface area contributed by atoms with Gasteiger partial charge in [0.1, 0.15) is 23.0 Å². The molecule has 1 atom stereocenters. The van der Waals surface area contributed by atoms with Gasteiger partial charge in [0.15, 0.2) is 0 Å². The minimum Gasteiger partial charge on any atom is -0.458 e. The molecule has 0 aromatic heterocycles. The minimum atomic E-state index is -0.0165. The van der Waals surface area contributed by atoms with Gasteiger partial charge in [-0.25, -0.2) is 0 Å². The van der Waals surface area contributed by atoms with E-state index >= 15 is 0 Å². The molecule has 0 saturated carbocycles. The zero-order valence-corrected chi connectivity index (χ0v) is 24.7. The zero-order chi connectivity index (χ0) is 29.7. The van der Waals surface area contributed by atoms with Gasteiger partial charge in [-0.2, -0.15) is 0 Å². The molecule has 45 heavy (non-hydrogen) atoms. The summed E-state index contributed by atoms with van der Waals surface area (Å²) in [5, 5.41) is 0. The number of rotatable bonds is 4. The predicted molar refractivity (Wildman–Crippen MR) is 186 cm³/mol. The maximum atomic E-state index is 6.96. The van der Waals surface area contributed by atoms with Crippen molar-refractivity contribution in [3.8, 4) is 56.4 Å². The summed E-state index contributed by atoms with van der Waals surface area (Å²) < 4.78 is 13.9. The van der Waals surface area contributed by atoms with E-state index in [1.165, 1.54) is 22.3 Å². The van der Waals surface area contributed by atoms with Crippen LogP contribution in [0, 0.1) is 0 Å². The Labute approximate surface area is 264 Å². The quantitative estimate of drug-likeness (QED) is 0.195. The topological polar surface area (TPSA) is 18.5 Å². The summed E-state index contributed by atoms with van der Waals surface area (Å²) in [6.07, 6.45) is 9.84. The molecule has 2 nitrogen and oxygen atoms in total. The summed E-state index contributed by atoms with van der Waals surface area (Å²) in [4.78, 5) is 0. The van der Waals surface area contributed by atoms with Crippen molar-refractivity contribution in [3.63, 3.8) is 0 Å². The van der Waals surface area contributed by atoms with Crippen LogP contribution in [0.1, 0.15) is 17.9 Å². The monoisotopic (exact) mass is 576 g/mol. The molecule has 0 spiro atoms. The Balaban J connectivity index is 1.38.